The number of esters is 1. The van der Waals surface area contributed by atoms with Crippen molar-refractivity contribution in [3.63, 3.8) is 0 Å². The van der Waals surface area contributed by atoms with Gasteiger partial charge in [-0.15, -0.1) is 0 Å². The molecule has 4 nitrogen and oxygen atoms in total. The Kier molecular flexibility index (Phi) is 3.32. The lowest BCUT2D eigenvalue weighted by molar-refractivity contribution is -0.129. The number of hydrogen-bond acceptors (Lipinski definition) is 4. The molecule has 1 heterocycles. The van der Waals surface area contributed by atoms with E-state index in [4.69, 9.17) is 10.00 Å². The summed E-state index contributed by atoms with van der Waals surface area (Å²) >= 11 is 0. The monoisotopic (exact) mass is 274 g/mol. The van der Waals surface area contributed by atoms with Crippen molar-refractivity contribution in [2.24, 2.45) is 4.99 Å². The fraction of sp³-hybridized carbons (Fsp3) is 0. The zero-order valence-corrected chi connectivity index (χ0v) is 11.0. The number of nitriles is 1. The van der Waals surface area contributed by atoms with E-state index in [1.807, 2.05) is 30.3 Å². The summed E-state index contributed by atoms with van der Waals surface area (Å²) in [5.74, 6) is -0.195. The topological polar surface area (TPSA) is 62.4 Å². The van der Waals surface area contributed by atoms with Gasteiger partial charge in [0, 0.05) is 5.56 Å². The first-order valence-electron chi connectivity index (χ1n) is 6.34. The Labute approximate surface area is 121 Å². The van der Waals surface area contributed by atoms with Crippen LogP contribution in [0.5, 0.6) is 0 Å². The van der Waals surface area contributed by atoms with Crippen LogP contribution in [-0.4, -0.2) is 11.9 Å². The van der Waals surface area contributed by atoms with Gasteiger partial charge in [-0.25, -0.2) is 9.79 Å². The van der Waals surface area contributed by atoms with Gasteiger partial charge in [-0.3, -0.25) is 0 Å². The number of benzene rings is 2. The largest absolute Gasteiger partial charge is 0.402 e. The molecule has 0 saturated heterocycles. The quantitative estimate of drug-likeness (QED) is 0.625. The van der Waals surface area contributed by atoms with E-state index < -0.39 is 5.97 Å². The Bertz CT molecular complexity index is 799. The van der Waals surface area contributed by atoms with Crippen LogP contribution in [0.4, 0.5) is 0 Å². The Morgan fingerprint density at radius 2 is 1.90 bits per heavy atom. The zero-order chi connectivity index (χ0) is 14.7. The van der Waals surface area contributed by atoms with Gasteiger partial charge >= 0.3 is 5.97 Å². The Balaban J connectivity index is 1.95. The number of carbonyl (C=O) groups excluding carboxylic acids is 1. The fourth-order valence-corrected chi connectivity index (χ4v) is 1.97. The molecule has 100 valence electrons. The van der Waals surface area contributed by atoms with E-state index >= 15 is 0 Å². The van der Waals surface area contributed by atoms with Crippen molar-refractivity contribution >= 4 is 17.9 Å². The summed E-state index contributed by atoms with van der Waals surface area (Å²) in [6.07, 6.45) is 1.61. The lowest BCUT2D eigenvalue weighted by atomic mass is 10.1. The molecule has 0 radical (unpaired) electrons. The highest BCUT2D eigenvalue weighted by Crippen LogP contribution is 2.19. The van der Waals surface area contributed by atoms with E-state index in [2.05, 4.69) is 11.1 Å². The normalized spacial score (nSPS) is 15.5. The first kappa shape index (κ1) is 12.8. The molecule has 21 heavy (non-hydrogen) atoms. The van der Waals surface area contributed by atoms with Crippen LogP contribution in [0.3, 0.4) is 0 Å². The van der Waals surface area contributed by atoms with Gasteiger partial charge in [-0.05, 0) is 35.9 Å². The van der Waals surface area contributed by atoms with Crippen LogP contribution in [0.2, 0.25) is 0 Å². The van der Waals surface area contributed by atoms with Gasteiger partial charge in [-0.2, -0.15) is 5.26 Å². The first-order chi connectivity index (χ1) is 10.3. The number of hydrogen-bond donors (Lipinski definition) is 0. The fourth-order valence-electron chi connectivity index (χ4n) is 1.97. The predicted octanol–water partition coefficient (Wildman–Crippen LogP) is 2.90. The maximum atomic E-state index is 11.8. The van der Waals surface area contributed by atoms with Gasteiger partial charge < -0.3 is 4.74 Å². The molecule has 0 N–H and O–H groups in total. The molecule has 0 atom stereocenters. The van der Waals surface area contributed by atoms with Crippen molar-refractivity contribution in [2.45, 2.75) is 0 Å². The zero-order valence-electron chi connectivity index (χ0n) is 11.0. The summed E-state index contributed by atoms with van der Waals surface area (Å²) in [7, 11) is 0. The van der Waals surface area contributed by atoms with E-state index in [9.17, 15) is 4.79 Å². The van der Waals surface area contributed by atoms with Crippen molar-refractivity contribution < 1.29 is 9.53 Å². The highest BCUT2D eigenvalue weighted by atomic mass is 16.6. The van der Waals surface area contributed by atoms with Crippen molar-refractivity contribution in [2.75, 3.05) is 0 Å². The van der Waals surface area contributed by atoms with Gasteiger partial charge in [0.05, 0.1) is 11.6 Å². The standard InChI is InChI=1S/C17H10N2O2/c18-11-13-6-4-5-12(9-13)10-15-17(20)21-16(19-15)14-7-2-1-3-8-14/h1-10H/b15-10+. The number of ether oxygens (including phenoxy) is 1. The summed E-state index contributed by atoms with van der Waals surface area (Å²) in [4.78, 5) is 16.1. The summed E-state index contributed by atoms with van der Waals surface area (Å²) in [5, 5.41) is 8.88. The van der Waals surface area contributed by atoms with Crippen molar-refractivity contribution in [3.05, 3.63) is 77.0 Å². The summed E-state index contributed by atoms with van der Waals surface area (Å²) in [6.45, 7) is 0. The molecule has 0 spiro atoms. The number of aliphatic imine (C=N–C) groups is 1. The van der Waals surface area contributed by atoms with E-state index in [0.717, 1.165) is 11.1 Å². The Hall–Kier alpha value is -3.19. The summed E-state index contributed by atoms with van der Waals surface area (Å²) in [5.41, 5.74) is 2.24. The lowest BCUT2D eigenvalue weighted by Crippen LogP contribution is -2.04. The molecule has 0 fully saturated rings. The van der Waals surface area contributed by atoms with Gasteiger partial charge in [0.25, 0.3) is 0 Å². The van der Waals surface area contributed by atoms with Gasteiger partial charge in [-0.1, -0.05) is 30.3 Å². The van der Waals surface area contributed by atoms with Crippen LogP contribution in [0.15, 0.2) is 65.3 Å². The van der Waals surface area contributed by atoms with E-state index in [0.29, 0.717) is 11.5 Å². The second-order valence-corrected chi connectivity index (χ2v) is 4.44. The van der Waals surface area contributed by atoms with E-state index in [1.54, 1.807) is 30.3 Å². The molecule has 3 rings (SSSR count). The number of carbonyl (C=O) groups is 1. The minimum Gasteiger partial charge on any atom is -0.402 e. The Morgan fingerprint density at radius 1 is 1.10 bits per heavy atom. The number of nitrogens with zero attached hydrogens (tertiary/aromatic N) is 2. The van der Waals surface area contributed by atoms with Crippen LogP contribution in [-0.2, 0) is 9.53 Å². The van der Waals surface area contributed by atoms with Gasteiger partial charge in [0.2, 0.25) is 5.90 Å². The molecule has 0 amide bonds. The molecule has 2 aromatic rings. The van der Waals surface area contributed by atoms with Gasteiger partial charge in [0.1, 0.15) is 0 Å². The van der Waals surface area contributed by atoms with Crippen LogP contribution < -0.4 is 0 Å². The molecule has 2 aromatic carbocycles. The maximum Gasteiger partial charge on any atom is 0.363 e. The van der Waals surface area contributed by atoms with E-state index in [1.165, 1.54) is 0 Å². The molecule has 0 aromatic heterocycles. The molecule has 4 heteroatoms. The third-order valence-electron chi connectivity index (χ3n) is 2.96. The summed E-state index contributed by atoms with van der Waals surface area (Å²) in [6, 6.07) is 18.2. The van der Waals surface area contributed by atoms with Crippen LogP contribution in [0, 0.1) is 11.3 Å². The third-order valence-corrected chi connectivity index (χ3v) is 2.96. The Morgan fingerprint density at radius 3 is 2.67 bits per heavy atom. The minimum atomic E-state index is -0.490. The molecule has 0 saturated carbocycles. The van der Waals surface area contributed by atoms with Crippen LogP contribution in [0.25, 0.3) is 6.08 Å². The highest BCUT2D eigenvalue weighted by molar-refractivity contribution is 6.12. The lowest BCUT2D eigenvalue weighted by Gasteiger charge is -1.97. The molecular weight excluding hydrogens is 264 g/mol. The average molecular weight is 274 g/mol. The summed E-state index contributed by atoms with van der Waals surface area (Å²) < 4.78 is 5.17. The van der Waals surface area contributed by atoms with Crippen LogP contribution >= 0.6 is 0 Å². The number of rotatable bonds is 2. The molecule has 0 bridgehead atoms. The third kappa shape index (κ3) is 2.72. The molecule has 0 unspecified atom stereocenters. The second kappa shape index (κ2) is 5.43. The SMILES string of the molecule is N#Cc1cccc(/C=C2/N=C(c3ccccc3)OC2=O)c1. The smallest absolute Gasteiger partial charge is 0.363 e. The minimum absolute atomic E-state index is 0.226. The molecular formula is C17H10N2O2. The predicted molar refractivity (Wildman–Crippen MR) is 78.2 cm³/mol. The van der Waals surface area contributed by atoms with Gasteiger partial charge in [0.15, 0.2) is 5.70 Å². The highest BCUT2D eigenvalue weighted by Gasteiger charge is 2.23. The van der Waals surface area contributed by atoms with Crippen molar-refractivity contribution in [1.29, 1.82) is 5.26 Å². The molecule has 1 aliphatic heterocycles. The van der Waals surface area contributed by atoms with Crippen molar-refractivity contribution in [1.82, 2.24) is 0 Å². The second-order valence-electron chi connectivity index (χ2n) is 4.44. The number of cyclic esters (lactones) is 1. The molecule has 1 aliphatic rings. The average Bonchev–Trinajstić information content (AvgIpc) is 2.89. The first-order valence-corrected chi connectivity index (χ1v) is 6.34. The van der Waals surface area contributed by atoms with Crippen LogP contribution in [0.1, 0.15) is 16.7 Å². The molecule has 0 aliphatic carbocycles. The van der Waals surface area contributed by atoms with E-state index in [-0.39, 0.29) is 5.70 Å². The van der Waals surface area contributed by atoms with Crippen molar-refractivity contribution in [3.8, 4) is 6.07 Å². The maximum absolute atomic E-state index is 11.8.